The second kappa shape index (κ2) is 9.37. The molecule has 1 aliphatic heterocycles. The molecule has 0 bridgehead atoms. The standard InChI is InChI=1S/C28H28N8O2/c1-3-23(37)35-13-19-11-21(12-20(19)14-35)36-27-24(26(29)31-15-32-27)25(34-36)17-4-6-18(7-5-17)28(38)33-22-10-16(2)8-9-30-22/h3-10,15,19-21H,1,11-14H2,2H3,(H2,29,31,32)(H,30,33,38). The lowest BCUT2D eigenvalue weighted by Gasteiger charge is -2.18. The van der Waals surface area contributed by atoms with Gasteiger partial charge in [0.05, 0.1) is 11.4 Å². The fraction of sp³-hybridized carbons (Fsp3) is 0.286. The molecule has 0 radical (unpaired) electrons. The van der Waals surface area contributed by atoms with E-state index in [0.717, 1.165) is 37.1 Å². The van der Waals surface area contributed by atoms with Gasteiger partial charge in [0.1, 0.15) is 23.7 Å². The van der Waals surface area contributed by atoms with Crippen LogP contribution in [0.1, 0.15) is 34.8 Å². The van der Waals surface area contributed by atoms with Crippen molar-refractivity contribution in [3.63, 3.8) is 0 Å². The summed E-state index contributed by atoms with van der Waals surface area (Å²) in [4.78, 5) is 39.7. The van der Waals surface area contributed by atoms with Crippen LogP contribution in [-0.4, -0.2) is 54.5 Å². The number of pyridine rings is 1. The van der Waals surface area contributed by atoms with Crippen molar-refractivity contribution in [2.24, 2.45) is 11.8 Å². The molecule has 1 saturated heterocycles. The number of nitrogens with two attached hydrogens (primary N) is 1. The molecule has 3 aromatic heterocycles. The molecule has 4 aromatic rings. The van der Waals surface area contributed by atoms with Gasteiger partial charge in [0, 0.05) is 30.4 Å². The van der Waals surface area contributed by atoms with Crippen LogP contribution in [0, 0.1) is 18.8 Å². The van der Waals surface area contributed by atoms with Crippen molar-refractivity contribution < 1.29 is 9.59 Å². The summed E-state index contributed by atoms with van der Waals surface area (Å²) in [7, 11) is 0. The number of fused-ring (bicyclic) bond motifs is 2. The molecule has 2 atom stereocenters. The van der Waals surface area contributed by atoms with E-state index in [1.54, 1.807) is 18.3 Å². The van der Waals surface area contributed by atoms with Gasteiger partial charge in [0.15, 0.2) is 5.65 Å². The number of nitrogens with one attached hydrogen (secondary N) is 1. The minimum atomic E-state index is -0.241. The third-order valence-electron chi connectivity index (χ3n) is 7.65. The van der Waals surface area contributed by atoms with Crippen molar-refractivity contribution in [3.8, 4) is 11.3 Å². The number of nitrogen functional groups attached to an aromatic ring is 1. The number of benzene rings is 1. The van der Waals surface area contributed by atoms with Gasteiger partial charge in [-0.1, -0.05) is 18.7 Å². The van der Waals surface area contributed by atoms with Gasteiger partial charge < -0.3 is 16.0 Å². The molecule has 10 nitrogen and oxygen atoms in total. The number of likely N-dealkylation sites (tertiary alicyclic amines) is 1. The van der Waals surface area contributed by atoms with Gasteiger partial charge in [-0.15, -0.1) is 0 Å². The summed E-state index contributed by atoms with van der Waals surface area (Å²) in [6, 6.07) is 11.1. The van der Waals surface area contributed by atoms with Crippen LogP contribution in [0.15, 0.2) is 61.6 Å². The first-order valence-corrected chi connectivity index (χ1v) is 12.7. The van der Waals surface area contributed by atoms with Gasteiger partial charge in [-0.25, -0.2) is 19.6 Å². The number of anilines is 2. The van der Waals surface area contributed by atoms with E-state index in [1.165, 1.54) is 12.4 Å². The van der Waals surface area contributed by atoms with Crippen LogP contribution < -0.4 is 11.1 Å². The van der Waals surface area contributed by atoms with Gasteiger partial charge >= 0.3 is 0 Å². The quantitative estimate of drug-likeness (QED) is 0.394. The van der Waals surface area contributed by atoms with E-state index in [-0.39, 0.29) is 17.9 Å². The average Bonchev–Trinajstić information content (AvgIpc) is 3.60. The lowest BCUT2D eigenvalue weighted by atomic mass is 10.0. The molecule has 4 heterocycles. The van der Waals surface area contributed by atoms with Crippen LogP contribution in [-0.2, 0) is 4.79 Å². The molecule has 10 heteroatoms. The Bertz CT molecular complexity index is 1550. The predicted octanol–water partition coefficient (Wildman–Crippen LogP) is 3.63. The number of carbonyl (C=O) groups excluding carboxylic acids is 2. The average molecular weight is 509 g/mol. The zero-order chi connectivity index (χ0) is 26.4. The number of rotatable bonds is 5. The highest BCUT2D eigenvalue weighted by molar-refractivity contribution is 6.04. The Morgan fingerprint density at radius 2 is 1.82 bits per heavy atom. The Morgan fingerprint density at radius 3 is 2.50 bits per heavy atom. The highest BCUT2D eigenvalue weighted by Gasteiger charge is 2.43. The highest BCUT2D eigenvalue weighted by atomic mass is 16.2. The molecule has 2 fully saturated rings. The van der Waals surface area contributed by atoms with E-state index in [9.17, 15) is 9.59 Å². The van der Waals surface area contributed by atoms with E-state index < -0.39 is 0 Å². The number of amides is 2. The predicted molar refractivity (Wildman–Crippen MR) is 144 cm³/mol. The van der Waals surface area contributed by atoms with Crippen molar-refractivity contribution in [1.29, 1.82) is 0 Å². The van der Waals surface area contributed by atoms with Gasteiger partial charge in [-0.05, 0) is 67.5 Å². The van der Waals surface area contributed by atoms with Crippen LogP contribution in [0.25, 0.3) is 22.3 Å². The highest BCUT2D eigenvalue weighted by Crippen LogP contribution is 2.45. The summed E-state index contributed by atoms with van der Waals surface area (Å²) in [5.41, 5.74) is 10.0. The first kappa shape index (κ1) is 23.8. The Balaban J connectivity index is 1.27. The minimum absolute atomic E-state index is 0.00411. The summed E-state index contributed by atoms with van der Waals surface area (Å²) >= 11 is 0. The third-order valence-corrected chi connectivity index (χ3v) is 7.65. The Labute approximate surface area is 219 Å². The molecule has 2 amide bonds. The zero-order valence-corrected chi connectivity index (χ0v) is 21.0. The van der Waals surface area contributed by atoms with Gasteiger partial charge in [-0.2, -0.15) is 5.10 Å². The second-order valence-electron chi connectivity index (χ2n) is 10.1. The van der Waals surface area contributed by atoms with Crippen LogP contribution >= 0.6 is 0 Å². The lowest BCUT2D eigenvalue weighted by Crippen LogP contribution is -2.28. The van der Waals surface area contributed by atoms with Crippen LogP contribution in [0.2, 0.25) is 0 Å². The number of hydrogen-bond donors (Lipinski definition) is 2. The number of nitrogens with zero attached hydrogens (tertiary/aromatic N) is 6. The van der Waals surface area contributed by atoms with E-state index >= 15 is 0 Å². The molecule has 6 rings (SSSR count). The minimum Gasteiger partial charge on any atom is -0.383 e. The Kier molecular flexibility index (Phi) is 5.86. The van der Waals surface area contributed by atoms with Crippen molar-refractivity contribution in [3.05, 3.63) is 72.7 Å². The SMILES string of the molecule is C=CC(=O)N1CC2CC(n3nc(-c4ccc(C(=O)Nc5cc(C)ccn5)cc4)c4c(N)ncnc43)CC2C1. The van der Waals surface area contributed by atoms with Crippen molar-refractivity contribution in [2.75, 3.05) is 24.1 Å². The maximum Gasteiger partial charge on any atom is 0.256 e. The van der Waals surface area contributed by atoms with Gasteiger partial charge in [0.2, 0.25) is 5.91 Å². The third kappa shape index (κ3) is 4.17. The van der Waals surface area contributed by atoms with Crippen LogP contribution in [0.4, 0.5) is 11.6 Å². The fourth-order valence-electron chi connectivity index (χ4n) is 5.80. The van der Waals surface area contributed by atoms with Gasteiger partial charge in [0.25, 0.3) is 5.91 Å². The topological polar surface area (TPSA) is 132 Å². The molecular formula is C28H28N8O2. The van der Waals surface area contributed by atoms with E-state index in [0.29, 0.717) is 45.8 Å². The zero-order valence-electron chi connectivity index (χ0n) is 21.0. The normalized spacial score (nSPS) is 20.4. The second-order valence-corrected chi connectivity index (χ2v) is 10.1. The van der Waals surface area contributed by atoms with Crippen molar-refractivity contribution >= 4 is 34.5 Å². The van der Waals surface area contributed by atoms with Crippen molar-refractivity contribution in [2.45, 2.75) is 25.8 Å². The van der Waals surface area contributed by atoms with E-state index in [4.69, 9.17) is 10.8 Å². The molecule has 192 valence electrons. The fourth-order valence-corrected chi connectivity index (χ4v) is 5.80. The summed E-state index contributed by atoms with van der Waals surface area (Å²) < 4.78 is 1.98. The number of carbonyl (C=O) groups is 2. The molecule has 1 saturated carbocycles. The smallest absolute Gasteiger partial charge is 0.256 e. The van der Waals surface area contributed by atoms with Crippen molar-refractivity contribution in [1.82, 2.24) is 29.6 Å². The molecule has 1 aliphatic carbocycles. The molecule has 0 spiro atoms. The summed E-state index contributed by atoms with van der Waals surface area (Å²) in [5, 5.41) is 8.51. The van der Waals surface area contributed by atoms with E-state index in [2.05, 4.69) is 26.8 Å². The molecular weight excluding hydrogens is 480 g/mol. The first-order chi connectivity index (χ1) is 18.4. The molecule has 2 unspecified atom stereocenters. The maximum absolute atomic E-state index is 12.8. The van der Waals surface area contributed by atoms with Crippen LogP contribution in [0.3, 0.4) is 0 Å². The van der Waals surface area contributed by atoms with E-state index in [1.807, 2.05) is 40.8 Å². The summed E-state index contributed by atoms with van der Waals surface area (Å²) in [5.74, 6) is 1.47. The lowest BCUT2D eigenvalue weighted by molar-refractivity contribution is -0.125. The van der Waals surface area contributed by atoms with Crippen LogP contribution in [0.5, 0.6) is 0 Å². The largest absolute Gasteiger partial charge is 0.383 e. The number of aryl methyl sites for hydroxylation is 1. The Morgan fingerprint density at radius 1 is 1.08 bits per heavy atom. The molecule has 1 aromatic carbocycles. The van der Waals surface area contributed by atoms with Gasteiger partial charge in [-0.3, -0.25) is 9.59 Å². The Hall–Kier alpha value is -4.60. The summed E-state index contributed by atoms with van der Waals surface area (Å²) in [6.07, 6.45) is 6.35. The summed E-state index contributed by atoms with van der Waals surface area (Å²) in [6.45, 7) is 7.06. The molecule has 38 heavy (non-hydrogen) atoms. The monoisotopic (exact) mass is 508 g/mol. The maximum atomic E-state index is 12.8. The first-order valence-electron chi connectivity index (χ1n) is 12.7. The number of aromatic nitrogens is 5. The molecule has 2 aliphatic rings. The molecule has 3 N–H and O–H groups in total. The number of hydrogen-bond acceptors (Lipinski definition) is 7.